The van der Waals surface area contributed by atoms with Crippen molar-refractivity contribution in [2.75, 3.05) is 6.61 Å². The molecule has 100 valence electrons. The molecule has 0 aliphatic rings. The number of carbonyl (C=O) groups excluding carboxylic acids is 1. The van der Waals surface area contributed by atoms with E-state index in [0.717, 1.165) is 12.8 Å². The molecule has 0 heterocycles. The third-order valence-electron chi connectivity index (χ3n) is 3.08. The summed E-state index contributed by atoms with van der Waals surface area (Å²) in [5, 5.41) is 11.9. The van der Waals surface area contributed by atoms with Crippen LogP contribution < -0.4 is 5.32 Å². The summed E-state index contributed by atoms with van der Waals surface area (Å²) in [6, 6.07) is 7.56. The lowest BCUT2D eigenvalue weighted by Gasteiger charge is -2.14. The SMILES string of the molecule is CCCCc1ccc(C(=O)N[C@H](CC)CO)cc1. The van der Waals surface area contributed by atoms with E-state index in [4.69, 9.17) is 5.11 Å². The summed E-state index contributed by atoms with van der Waals surface area (Å²) in [6.45, 7) is 4.09. The lowest BCUT2D eigenvalue weighted by atomic mass is 10.1. The van der Waals surface area contributed by atoms with E-state index in [1.165, 1.54) is 18.4 Å². The highest BCUT2D eigenvalue weighted by Crippen LogP contribution is 2.08. The van der Waals surface area contributed by atoms with E-state index in [-0.39, 0.29) is 18.6 Å². The molecule has 3 nitrogen and oxygen atoms in total. The van der Waals surface area contributed by atoms with Gasteiger partial charge in [-0.05, 0) is 37.0 Å². The van der Waals surface area contributed by atoms with Gasteiger partial charge < -0.3 is 10.4 Å². The van der Waals surface area contributed by atoms with Crippen LogP contribution in [-0.4, -0.2) is 23.7 Å². The molecule has 2 N–H and O–H groups in total. The molecule has 3 heteroatoms. The Bertz CT molecular complexity index is 355. The molecule has 0 saturated carbocycles. The first-order chi connectivity index (χ1) is 8.71. The summed E-state index contributed by atoms with van der Waals surface area (Å²) < 4.78 is 0. The van der Waals surface area contributed by atoms with Gasteiger partial charge in [-0.25, -0.2) is 0 Å². The van der Waals surface area contributed by atoms with Gasteiger partial charge >= 0.3 is 0 Å². The highest BCUT2D eigenvalue weighted by atomic mass is 16.3. The average molecular weight is 249 g/mol. The molecular formula is C15H23NO2. The maximum absolute atomic E-state index is 11.9. The summed E-state index contributed by atoms with van der Waals surface area (Å²) >= 11 is 0. The zero-order valence-corrected chi connectivity index (χ0v) is 11.3. The number of benzene rings is 1. The van der Waals surface area contributed by atoms with E-state index < -0.39 is 0 Å². The second-order valence-electron chi connectivity index (χ2n) is 4.56. The zero-order valence-electron chi connectivity index (χ0n) is 11.3. The van der Waals surface area contributed by atoms with Gasteiger partial charge in [-0.1, -0.05) is 32.4 Å². The molecule has 0 fully saturated rings. The summed E-state index contributed by atoms with van der Waals surface area (Å²) in [5.41, 5.74) is 1.92. The predicted octanol–water partition coefficient (Wildman–Crippen LogP) is 2.53. The van der Waals surface area contributed by atoms with Crippen LogP contribution in [0.5, 0.6) is 0 Å². The van der Waals surface area contributed by atoms with Crippen LogP contribution in [0.2, 0.25) is 0 Å². The number of amides is 1. The Hall–Kier alpha value is -1.35. The van der Waals surface area contributed by atoms with Gasteiger partial charge in [0, 0.05) is 5.56 Å². The summed E-state index contributed by atoms with van der Waals surface area (Å²) in [6.07, 6.45) is 4.15. The van der Waals surface area contributed by atoms with E-state index in [1.54, 1.807) is 0 Å². The van der Waals surface area contributed by atoms with Crippen molar-refractivity contribution in [3.8, 4) is 0 Å². The second-order valence-corrected chi connectivity index (χ2v) is 4.56. The van der Waals surface area contributed by atoms with Crippen molar-refractivity contribution in [2.45, 2.75) is 45.6 Å². The van der Waals surface area contributed by atoms with Gasteiger partial charge in [-0.15, -0.1) is 0 Å². The van der Waals surface area contributed by atoms with Crippen molar-refractivity contribution in [1.29, 1.82) is 0 Å². The third kappa shape index (κ3) is 4.49. The first-order valence-corrected chi connectivity index (χ1v) is 6.71. The quantitative estimate of drug-likeness (QED) is 0.780. The Labute approximate surface area is 109 Å². The molecule has 0 spiro atoms. The monoisotopic (exact) mass is 249 g/mol. The maximum Gasteiger partial charge on any atom is 0.251 e. The Morgan fingerprint density at radius 3 is 2.44 bits per heavy atom. The predicted molar refractivity (Wildman–Crippen MR) is 73.7 cm³/mol. The molecule has 0 bridgehead atoms. The smallest absolute Gasteiger partial charge is 0.251 e. The normalized spacial score (nSPS) is 12.2. The molecule has 0 aliphatic heterocycles. The lowest BCUT2D eigenvalue weighted by Crippen LogP contribution is -2.36. The molecule has 1 rings (SSSR count). The molecule has 0 aliphatic carbocycles. The van der Waals surface area contributed by atoms with Crippen molar-refractivity contribution < 1.29 is 9.90 Å². The largest absolute Gasteiger partial charge is 0.394 e. The number of rotatable bonds is 7. The maximum atomic E-state index is 11.9. The Morgan fingerprint density at radius 2 is 1.94 bits per heavy atom. The van der Waals surface area contributed by atoms with Crippen molar-refractivity contribution >= 4 is 5.91 Å². The van der Waals surface area contributed by atoms with E-state index in [1.807, 2.05) is 31.2 Å². The van der Waals surface area contributed by atoms with Crippen molar-refractivity contribution in [3.05, 3.63) is 35.4 Å². The number of aliphatic hydroxyl groups excluding tert-OH is 1. The second kappa shape index (κ2) is 7.88. The topological polar surface area (TPSA) is 49.3 Å². The Balaban J connectivity index is 2.58. The van der Waals surface area contributed by atoms with Crippen LogP contribution in [-0.2, 0) is 6.42 Å². The molecule has 0 saturated heterocycles. The summed E-state index contributed by atoms with van der Waals surface area (Å²) in [7, 11) is 0. The Morgan fingerprint density at radius 1 is 1.28 bits per heavy atom. The highest BCUT2D eigenvalue weighted by molar-refractivity contribution is 5.94. The number of hydrogen-bond acceptors (Lipinski definition) is 2. The standard InChI is InChI=1S/C15H23NO2/c1-3-5-6-12-7-9-13(10-8-12)15(18)16-14(4-2)11-17/h7-10,14,17H,3-6,11H2,1-2H3,(H,16,18)/t14-/m1/s1. The van der Waals surface area contributed by atoms with Gasteiger partial charge in [0.25, 0.3) is 5.91 Å². The molecule has 1 amide bonds. The fourth-order valence-corrected chi connectivity index (χ4v) is 1.75. The van der Waals surface area contributed by atoms with Crippen LogP contribution in [0.15, 0.2) is 24.3 Å². The highest BCUT2D eigenvalue weighted by Gasteiger charge is 2.10. The number of aryl methyl sites for hydroxylation is 1. The van der Waals surface area contributed by atoms with Gasteiger partial charge in [-0.2, -0.15) is 0 Å². The summed E-state index contributed by atoms with van der Waals surface area (Å²) in [5.74, 6) is -0.113. The summed E-state index contributed by atoms with van der Waals surface area (Å²) in [4.78, 5) is 11.9. The van der Waals surface area contributed by atoms with Gasteiger partial charge in [0.15, 0.2) is 0 Å². The van der Waals surface area contributed by atoms with E-state index >= 15 is 0 Å². The number of aliphatic hydroxyl groups is 1. The first kappa shape index (κ1) is 14.7. The van der Waals surface area contributed by atoms with Crippen LogP contribution in [0, 0.1) is 0 Å². The first-order valence-electron chi connectivity index (χ1n) is 6.71. The van der Waals surface area contributed by atoms with Crippen LogP contribution >= 0.6 is 0 Å². The fourth-order valence-electron chi connectivity index (χ4n) is 1.75. The van der Waals surface area contributed by atoms with Gasteiger partial charge in [0.1, 0.15) is 0 Å². The minimum atomic E-state index is -0.155. The number of hydrogen-bond donors (Lipinski definition) is 2. The van der Waals surface area contributed by atoms with Crippen LogP contribution in [0.1, 0.15) is 49.0 Å². The minimum absolute atomic E-state index is 0.0170. The number of unbranched alkanes of at least 4 members (excludes halogenated alkanes) is 1. The third-order valence-corrected chi connectivity index (χ3v) is 3.08. The van der Waals surface area contributed by atoms with E-state index in [0.29, 0.717) is 5.56 Å². The van der Waals surface area contributed by atoms with Gasteiger partial charge in [-0.3, -0.25) is 4.79 Å². The zero-order chi connectivity index (χ0) is 13.4. The molecule has 1 aromatic carbocycles. The van der Waals surface area contributed by atoms with Gasteiger partial charge in [0.05, 0.1) is 12.6 Å². The fraction of sp³-hybridized carbons (Fsp3) is 0.533. The van der Waals surface area contributed by atoms with Crippen LogP contribution in [0.3, 0.4) is 0 Å². The molecule has 0 aromatic heterocycles. The molecule has 1 aromatic rings. The van der Waals surface area contributed by atoms with Crippen molar-refractivity contribution in [3.63, 3.8) is 0 Å². The van der Waals surface area contributed by atoms with Crippen molar-refractivity contribution in [1.82, 2.24) is 5.32 Å². The molecule has 1 atom stereocenters. The van der Waals surface area contributed by atoms with Crippen LogP contribution in [0.4, 0.5) is 0 Å². The molecule has 0 radical (unpaired) electrons. The molecular weight excluding hydrogens is 226 g/mol. The molecule has 18 heavy (non-hydrogen) atoms. The van der Waals surface area contributed by atoms with Crippen molar-refractivity contribution in [2.24, 2.45) is 0 Å². The lowest BCUT2D eigenvalue weighted by molar-refractivity contribution is 0.0915. The number of carbonyl (C=O) groups is 1. The van der Waals surface area contributed by atoms with E-state index in [9.17, 15) is 4.79 Å². The minimum Gasteiger partial charge on any atom is -0.394 e. The molecule has 0 unspecified atom stereocenters. The van der Waals surface area contributed by atoms with Gasteiger partial charge in [0.2, 0.25) is 0 Å². The van der Waals surface area contributed by atoms with E-state index in [2.05, 4.69) is 12.2 Å². The number of nitrogens with one attached hydrogen (secondary N) is 1. The Kier molecular flexibility index (Phi) is 6.44. The average Bonchev–Trinajstić information content (AvgIpc) is 2.42. The van der Waals surface area contributed by atoms with Crippen LogP contribution in [0.25, 0.3) is 0 Å².